The van der Waals surface area contributed by atoms with Gasteiger partial charge in [0.25, 0.3) is 0 Å². The summed E-state index contributed by atoms with van der Waals surface area (Å²) in [5.74, 6) is -0.0999. The Morgan fingerprint density at radius 3 is 2.22 bits per heavy atom. The molecule has 2 aliphatic rings. The molecule has 2 aliphatic heterocycles. The molecule has 0 aromatic heterocycles. The first-order valence-electron chi connectivity index (χ1n) is 13.7. The van der Waals surface area contributed by atoms with Crippen LogP contribution in [0.5, 0.6) is 0 Å². The van der Waals surface area contributed by atoms with Gasteiger partial charge in [-0.3, -0.25) is 4.31 Å². The smallest absolute Gasteiger partial charge is 0.242 e. The Balaban J connectivity index is 1.30. The molecule has 0 unspecified atom stereocenters. The Morgan fingerprint density at radius 2 is 1.56 bits per heavy atom. The van der Waals surface area contributed by atoms with Crippen molar-refractivity contribution in [3.63, 3.8) is 0 Å². The van der Waals surface area contributed by atoms with E-state index >= 15 is 0 Å². The fraction of sp³-hybridized carbons (Fsp3) is 0.400. The third-order valence-corrected chi connectivity index (χ3v) is 12.2. The quantitative estimate of drug-likeness (QED) is 0.306. The summed E-state index contributed by atoms with van der Waals surface area (Å²) in [7, 11) is -5.41. The van der Waals surface area contributed by atoms with Crippen LogP contribution in [-0.4, -0.2) is 72.1 Å². The molecule has 1 spiro atoms. The van der Waals surface area contributed by atoms with Gasteiger partial charge in [0, 0.05) is 25.6 Å². The van der Waals surface area contributed by atoms with E-state index in [2.05, 4.69) is 11.0 Å². The molecular formula is C30H35Cl2N3O4S2. The summed E-state index contributed by atoms with van der Waals surface area (Å²) in [6.07, 6.45) is 3.72. The predicted molar refractivity (Wildman–Crippen MR) is 166 cm³/mol. The minimum atomic E-state index is -3.66. The second kappa shape index (κ2) is 11.9. The van der Waals surface area contributed by atoms with E-state index in [9.17, 15) is 16.8 Å². The first kappa shape index (κ1) is 30.3. The van der Waals surface area contributed by atoms with Crippen LogP contribution in [0.4, 0.5) is 5.69 Å². The van der Waals surface area contributed by atoms with E-state index < -0.39 is 20.0 Å². The van der Waals surface area contributed by atoms with Gasteiger partial charge in [0.15, 0.2) is 0 Å². The van der Waals surface area contributed by atoms with Crippen molar-refractivity contribution >= 4 is 48.9 Å². The highest BCUT2D eigenvalue weighted by molar-refractivity contribution is 7.92. The number of anilines is 1. The number of nitrogens with zero attached hydrogens (tertiary/aromatic N) is 3. The van der Waals surface area contributed by atoms with Crippen molar-refractivity contribution in [1.82, 2.24) is 9.21 Å². The van der Waals surface area contributed by atoms with Crippen LogP contribution in [-0.2, 0) is 25.5 Å². The average molecular weight is 637 g/mol. The fourth-order valence-corrected chi connectivity index (χ4v) is 8.70. The van der Waals surface area contributed by atoms with Crippen LogP contribution in [0, 0.1) is 0 Å². The molecule has 3 aromatic rings. The number of para-hydroxylation sites is 1. The molecule has 1 saturated heterocycles. The van der Waals surface area contributed by atoms with Gasteiger partial charge in [-0.1, -0.05) is 65.7 Å². The molecule has 0 radical (unpaired) electrons. The second-order valence-electron chi connectivity index (χ2n) is 11.2. The number of likely N-dealkylation sites (tertiary alicyclic amines) is 1. The van der Waals surface area contributed by atoms with Gasteiger partial charge < -0.3 is 4.90 Å². The summed E-state index contributed by atoms with van der Waals surface area (Å²) < 4.78 is 54.6. The molecule has 220 valence electrons. The summed E-state index contributed by atoms with van der Waals surface area (Å²) in [6.45, 7) is 3.21. The number of piperidine rings is 1. The number of hydrogen-bond acceptors (Lipinski definition) is 5. The lowest BCUT2D eigenvalue weighted by Gasteiger charge is -2.40. The number of fused-ring (bicyclic) bond motifs is 2. The third kappa shape index (κ3) is 6.31. The van der Waals surface area contributed by atoms with E-state index in [1.54, 1.807) is 47.8 Å². The molecule has 5 rings (SSSR count). The van der Waals surface area contributed by atoms with E-state index in [1.807, 2.05) is 30.3 Å². The van der Waals surface area contributed by atoms with Crippen LogP contribution in [0.1, 0.15) is 36.3 Å². The van der Waals surface area contributed by atoms with Crippen LogP contribution in [0.15, 0.2) is 77.7 Å². The molecular weight excluding hydrogens is 601 g/mol. The highest BCUT2D eigenvalue weighted by Gasteiger charge is 2.46. The van der Waals surface area contributed by atoms with Gasteiger partial charge in [0.05, 0.1) is 26.9 Å². The lowest BCUT2D eigenvalue weighted by Crippen LogP contribution is -2.46. The Hall–Kier alpha value is -2.14. The van der Waals surface area contributed by atoms with Crippen molar-refractivity contribution in [2.45, 2.75) is 35.5 Å². The number of likely N-dealkylation sites (N-methyl/N-ethyl adjacent to an activating group) is 1. The largest absolute Gasteiger partial charge is 0.303 e. The van der Waals surface area contributed by atoms with Crippen LogP contribution >= 0.6 is 23.2 Å². The van der Waals surface area contributed by atoms with Crippen molar-refractivity contribution < 1.29 is 16.8 Å². The van der Waals surface area contributed by atoms with E-state index in [0.29, 0.717) is 23.1 Å². The molecule has 0 amide bonds. The van der Waals surface area contributed by atoms with Gasteiger partial charge in [-0.25, -0.2) is 21.1 Å². The summed E-state index contributed by atoms with van der Waals surface area (Å²) >= 11 is 12.6. The van der Waals surface area contributed by atoms with E-state index in [-0.39, 0.29) is 16.2 Å². The minimum absolute atomic E-state index is 0.0999. The topological polar surface area (TPSA) is 78.0 Å². The SMILES string of the molecule is CN(C[C@@H](CCN1CCC2(CC1)CN(S(C)(=O)=O)c1ccccc12)c1ccc(Cl)c(Cl)c1)S(=O)(=O)c1ccccc1. The maximum Gasteiger partial charge on any atom is 0.242 e. The summed E-state index contributed by atoms with van der Waals surface area (Å²) in [5, 5.41) is 0.902. The maximum absolute atomic E-state index is 13.3. The molecule has 0 N–H and O–H groups in total. The van der Waals surface area contributed by atoms with Crippen LogP contribution < -0.4 is 4.31 Å². The van der Waals surface area contributed by atoms with Gasteiger partial charge in [-0.2, -0.15) is 0 Å². The van der Waals surface area contributed by atoms with Crippen LogP contribution in [0.25, 0.3) is 0 Å². The Kier molecular flexibility index (Phi) is 8.77. The standard InChI is InChI=1S/C30H35Cl2N3O4S2/c1-33(41(38,39)25-8-4-3-5-9-25)21-24(23-12-13-27(31)28(32)20-23)14-17-34-18-15-30(16-19-34)22-35(40(2,36)37)29-11-7-6-10-26(29)30/h3-13,20,24H,14-19,21-22H2,1-2H3/t24-/m1/s1. The maximum atomic E-state index is 13.3. The number of rotatable bonds is 9. The number of sulfonamides is 2. The third-order valence-electron chi connectivity index (χ3n) is 8.54. The van der Waals surface area contributed by atoms with Gasteiger partial charge in [-0.05, 0) is 86.3 Å². The van der Waals surface area contributed by atoms with Crippen molar-refractivity contribution in [2.75, 3.05) is 50.3 Å². The van der Waals surface area contributed by atoms with Crippen LogP contribution in [0.2, 0.25) is 10.0 Å². The van der Waals surface area contributed by atoms with Crippen molar-refractivity contribution in [1.29, 1.82) is 0 Å². The number of halogens is 2. The van der Waals surface area contributed by atoms with E-state index in [1.165, 1.54) is 10.6 Å². The fourth-order valence-electron chi connectivity index (χ4n) is 6.16. The molecule has 3 aromatic carbocycles. The van der Waals surface area contributed by atoms with Gasteiger partial charge in [0.2, 0.25) is 20.0 Å². The zero-order chi connectivity index (χ0) is 29.4. The molecule has 1 atom stereocenters. The number of benzene rings is 3. The van der Waals surface area contributed by atoms with Gasteiger partial charge in [-0.15, -0.1) is 0 Å². The lowest BCUT2D eigenvalue weighted by atomic mass is 9.74. The van der Waals surface area contributed by atoms with Crippen LogP contribution in [0.3, 0.4) is 0 Å². The Bertz CT molecular complexity index is 1610. The molecule has 0 bridgehead atoms. The zero-order valence-electron chi connectivity index (χ0n) is 23.2. The molecule has 1 fully saturated rings. The first-order chi connectivity index (χ1) is 19.4. The average Bonchev–Trinajstić information content (AvgIpc) is 3.28. The molecule has 41 heavy (non-hydrogen) atoms. The van der Waals surface area contributed by atoms with E-state index in [0.717, 1.165) is 55.7 Å². The first-order valence-corrected chi connectivity index (χ1v) is 17.7. The van der Waals surface area contributed by atoms with Gasteiger partial charge in [0.1, 0.15) is 0 Å². The Labute approximate surface area is 253 Å². The molecule has 2 heterocycles. The highest BCUT2D eigenvalue weighted by Crippen LogP contribution is 2.47. The molecule has 7 nitrogen and oxygen atoms in total. The molecule has 0 aliphatic carbocycles. The van der Waals surface area contributed by atoms with Crippen molar-refractivity contribution in [3.05, 3.63) is 94.0 Å². The summed E-state index contributed by atoms with van der Waals surface area (Å²) in [6, 6.07) is 21.8. The summed E-state index contributed by atoms with van der Waals surface area (Å²) in [4.78, 5) is 2.66. The minimum Gasteiger partial charge on any atom is -0.303 e. The van der Waals surface area contributed by atoms with E-state index in [4.69, 9.17) is 23.2 Å². The van der Waals surface area contributed by atoms with Crippen molar-refractivity contribution in [2.24, 2.45) is 0 Å². The normalized spacial score (nSPS) is 18.1. The predicted octanol–water partition coefficient (Wildman–Crippen LogP) is 5.60. The lowest BCUT2D eigenvalue weighted by molar-refractivity contribution is 0.162. The van der Waals surface area contributed by atoms with Gasteiger partial charge >= 0.3 is 0 Å². The number of hydrogen-bond donors (Lipinski definition) is 0. The highest BCUT2D eigenvalue weighted by atomic mass is 35.5. The molecule has 11 heteroatoms. The molecule has 0 saturated carbocycles. The second-order valence-corrected chi connectivity index (χ2v) is 15.9. The summed E-state index contributed by atoms with van der Waals surface area (Å²) in [5.41, 5.74) is 2.66. The Morgan fingerprint density at radius 1 is 0.902 bits per heavy atom. The monoisotopic (exact) mass is 635 g/mol. The van der Waals surface area contributed by atoms with Crippen molar-refractivity contribution in [3.8, 4) is 0 Å². The zero-order valence-corrected chi connectivity index (χ0v) is 26.4.